The Labute approximate surface area is 155 Å². The summed E-state index contributed by atoms with van der Waals surface area (Å²) in [7, 11) is 1.51. The summed E-state index contributed by atoms with van der Waals surface area (Å²) in [5.74, 6) is 0.808. The third-order valence-electron chi connectivity index (χ3n) is 5.00. The van der Waals surface area contributed by atoms with E-state index in [0.29, 0.717) is 5.92 Å². The lowest BCUT2D eigenvalue weighted by Gasteiger charge is -2.27. The molecule has 142 valence electrons. The Morgan fingerprint density at radius 2 is 1.64 bits per heavy atom. The van der Waals surface area contributed by atoms with Crippen LogP contribution in [0.15, 0.2) is 24.3 Å². The number of carbonyl (C=O) groups excluding carboxylic acids is 1. The summed E-state index contributed by atoms with van der Waals surface area (Å²) in [5, 5.41) is 0. The first-order valence-electron chi connectivity index (χ1n) is 10.3. The molecule has 1 aliphatic carbocycles. The molecular formula is C23H38O2. The Bertz CT molecular complexity index is 463. The number of rotatable bonds is 7. The van der Waals surface area contributed by atoms with Crippen molar-refractivity contribution in [2.75, 3.05) is 7.11 Å². The number of hydrogen-bond acceptors (Lipinski definition) is 2. The van der Waals surface area contributed by atoms with Crippen molar-refractivity contribution in [3.05, 3.63) is 35.4 Å². The lowest BCUT2D eigenvalue weighted by molar-refractivity contribution is -0.147. The van der Waals surface area contributed by atoms with Crippen molar-refractivity contribution in [2.24, 2.45) is 11.8 Å². The van der Waals surface area contributed by atoms with Crippen molar-refractivity contribution in [2.45, 2.75) is 85.0 Å². The molecular weight excluding hydrogens is 308 g/mol. The molecule has 0 radical (unpaired) electrons. The van der Waals surface area contributed by atoms with Gasteiger partial charge in [-0.1, -0.05) is 70.7 Å². The smallest absolute Gasteiger partial charge is 0.308 e. The van der Waals surface area contributed by atoms with Gasteiger partial charge in [0.25, 0.3) is 0 Å². The largest absolute Gasteiger partial charge is 0.469 e. The fourth-order valence-corrected chi connectivity index (χ4v) is 3.56. The first-order valence-corrected chi connectivity index (χ1v) is 10.3. The van der Waals surface area contributed by atoms with Crippen molar-refractivity contribution < 1.29 is 9.53 Å². The molecule has 0 unspecified atom stereocenters. The summed E-state index contributed by atoms with van der Waals surface area (Å²) < 4.78 is 4.91. The van der Waals surface area contributed by atoms with Crippen LogP contribution in [-0.4, -0.2) is 13.1 Å². The number of ether oxygens (including phenoxy) is 1. The summed E-state index contributed by atoms with van der Waals surface area (Å²) in [4.78, 5) is 11.7. The number of benzene rings is 1. The van der Waals surface area contributed by atoms with Crippen molar-refractivity contribution >= 4 is 5.97 Å². The average Bonchev–Trinajstić information content (AvgIpc) is 2.65. The van der Waals surface area contributed by atoms with Crippen LogP contribution in [0.2, 0.25) is 0 Å². The van der Waals surface area contributed by atoms with E-state index in [9.17, 15) is 4.79 Å². The van der Waals surface area contributed by atoms with Crippen molar-refractivity contribution in [3.63, 3.8) is 0 Å². The van der Waals surface area contributed by atoms with Crippen LogP contribution in [0.3, 0.4) is 0 Å². The normalized spacial score (nSPS) is 19.7. The first kappa shape index (κ1) is 21.7. The van der Waals surface area contributed by atoms with Gasteiger partial charge in [-0.05, 0) is 55.6 Å². The van der Waals surface area contributed by atoms with E-state index < -0.39 is 0 Å². The van der Waals surface area contributed by atoms with Crippen LogP contribution in [0.1, 0.15) is 83.3 Å². The first-order chi connectivity index (χ1) is 12.1. The summed E-state index contributed by atoms with van der Waals surface area (Å²) in [6.07, 6.45) is 11.8. The number of methoxy groups -OCH3 is 1. The molecule has 0 aliphatic heterocycles. The minimum Gasteiger partial charge on any atom is -0.469 e. The second-order valence-electron chi connectivity index (χ2n) is 7.42. The molecule has 1 fully saturated rings. The number of carbonyl (C=O) groups is 1. The maximum Gasteiger partial charge on any atom is 0.308 e. The van der Waals surface area contributed by atoms with Crippen LogP contribution < -0.4 is 0 Å². The molecule has 1 aromatic rings. The third kappa shape index (κ3) is 8.56. The Morgan fingerprint density at radius 1 is 1.04 bits per heavy atom. The second kappa shape index (κ2) is 13.0. The van der Waals surface area contributed by atoms with Gasteiger partial charge in [-0.3, -0.25) is 4.79 Å². The highest BCUT2D eigenvalue weighted by molar-refractivity contribution is 5.72. The zero-order valence-electron chi connectivity index (χ0n) is 16.9. The molecule has 0 bridgehead atoms. The van der Waals surface area contributed by atoms with Crippen LogP contribution in [0.5, 0.6) is 0 Å². The average molecular weight is 347 g/mol. The maximum atomic E-state index is 11.7. The van der Waals surface area contributed by atoms with E-state index in [0.717, 1.165) is 19.3 Å². The molecule has 1 aliphatic rings. The minimum absolute atomic E-state index is 0.00928. The van der Waals surface area contributed by atoms with Gasteiger partial charge in [0, 0.05) is 0 Å². The van der Waals surface area contributed by atoms with E-state index in [4.69, 9.17) is 4.74 Å². The van der Waals surface area contributed by atoms with Crippen molar-refractivity contribution in [3.8, 4) is 0 Å². The molecule has 2 nitrogen and oxygen atoms in total. The lowest BCUT2D eigenvalue weighted by Crippen LogP contribution is -2.24. The highest BCUT2D eigenvalue weighted by atomic mass is 16.5. The SMILES string of the molecule is CCC.CCCCc1ccc(CC[C@@H]2CCC[C@H](C(=O)OC)C2)cc1. The van der Waals surface area contributed by atoms with E-state index >= 15 is 0 Å². The van der Waals surface area contributed by atoms with E-state index in [2.05, 4.69) is 45.0 Å². The predicted molar refractivity (Wildman–Crippen MR) is 107 cm³/mol. The number of aryl methyl sites for hydroxylation is 2. The van der Waals surface area contributed by atoms with Crippen LogP contribution >= 0.6 is 0 Å². The predicted octanol–water partition coefficient (Wildman–Crippen LogP) is 6.36. The highest BCUT2D eigenvalue weighted by Crippen LogP contribution is 2.32. The fraction of sp³-hybridized carbons (Fsp3) is 0.696. The standard InChI is InChI=1S/C20H30O2.C3H8/c1-3-4-6-16-9-11-17(12-10-16)13-14-18-7-5-8-19(15-18)20(21)22-2;1-3-2/h9-12,18-19H,3-8,13-15H2,1-2H3;3H2,1-2H3/t18-,19-;/m0./s1. The topological polar surface area (TPSA) is 26.3 Å². The van der Waals surface area contributed by atoms with E-state index in [-0.39, 0.29) is 11.9 Å². The van der Waals surface area contributed by atoms with Crippen molar-refractivity contribution in [1.29, 1.82) is 0 Å². The molecule has 2 atom stereocenters. The summed E-state index contributed by atoms with van der Waals surface area (Å²) in [6, 6.07) is 9.13. The van der Waals surface area contributed by atoms with E-state index in [1.807, 2.05) is 0 Å². The quantitative estimate of drug-likeness (QED) is 0.537. The number of esters is 1. The lowest BCUT2D eigenvalue weighted by atomic mass is 9.79. The van der Waals surface area contributed by atoms with Gasteiger partial charge >= 0.3 is 5.97 Å². The van der Waals surface area contributed by atoms with Gasteiger partial charge in [0.2, 0.25) is 0 Å². The van der Waals surface area contributed by atoms with Crippen molar-refractivity contribution in [1.82, 2.24) is 0 Å². The summed E-state index contributed by atoms with van der Waals surface area (Å²) >= 11 is 0. The summed E-state index contributed by atoms with van der Waals surface area (Å²) in [6.45, 7) is 6.49. The third-order valence-corrected chi connectivity index (χ3v) is 5.00. The zero-order chi connectivity index (χ0) is 18.5. The highest BCUT2D eigenvalue weighted by Gasteiger charge is 2.27. The monoisotopic (exact) mass is 346 g/mol. The van der Waals surface area contributed by atoms with Gasteiger partial charge in [-0.15, -0.1) is 0 Å². The molecule has 2 rings (SSSR count). The van der Waals surface area contributed by atoms with Crippen LogP contribution in [-0.2, 0) is 22.4 Å². The maximum absolute atomic E-state index is 11.7. The van der Waals surface area contributed by atoms with Gasteiger partial charge in [0.1, 0.15) is 0 Å². The Hall–Kier alpha value is -1.31. The minimum atomic E-state index is -0.00928. The molecule has 0 amide bonds. The molecule has 2 heteroatoms. The molecule has 0 heterocycles. The van der Waals surface area contributed by atoms with Gasteiger partial charge < -0.3 is 4.74 Å². The Morgan fingerprint density at radius 3 is 2.20 bits per heavy atom. The second-order valence-corrected chi connectivity index (χ2v) is 7.42. The molecule has 1 saturated carbocycles. The van der Waals surface area contributed by atoms with Crippen LogP contribution in [0.25, 0.3) is 0 Å². The van der Waals surface area contributed by atoms with E-state index in [1.165, 1.54) is 63.2 Å². The van der Waals surface area contributed by atoms with Crippen LogP contribution in [0.4, 0.5) is 0 Å². The molecule has 0 saturated heterocycles. The van der Waals surface area contributed by atoms with Crippen LogP contribution in [0, 0.1) is 11.8 Å². The van der Waals surface area contributed by atoms with Gasteiger partial charge in [-0.2, -0.15) is 0 Å². The zero-order valence-corrected chi connectivity index (χ0v) is 16.9. The van der Waals surface area contributed by atoms with Gasteiger partial charge in [0.15, 0.2) is 0 Å². The number of unbranched alkanes of at least 4 members (excludes halogenated alkanes) is 1. The van der Waals surface area contributed by atoms with Gasteiger partial charge in [0.05, 0.1) is 13.0 Å². The van der Waals surface area contributed by atoms with Gasteiger partial charge in [-0.25, -0.2) is 0 Å². The Balaban J connectivity index is 0.000000970. The molecule has 0 N–H and O–H groups in total. The fourth-order valence-electron chi connectivity index (χ4n) is 3.56. The molecule has 0 spiro atoms. The molecule has 1 aromatic carbocycles. The molecule has 25 heavy (non-hydrogen) atoms. The summed E-state index contributed by atoms with van der Waals surface area (Å²) in [5.41, 5.74) is 2.88. The Kier molecular flexibility index (Phi) is 11.3. The molecule has 0 aromatic heterocycles. The van der Waals surface area contributed by atoms with E-state index in [1.54, 1.807) is 0 Å². The number of hydrogen-bond donors (Lipinski definition) is 0.